The van der Waals surface area contributed by atoms with Crippen LogP contribution in [0.15, 0.2) is 23.0 Å². The number of benzene rings is 1. The topological polar surface area (TPSA) is 108 Å². The fourth-order valence-corrected chi connectivity index (χ4v) is 5.34. The van der Waals surface area contributed by atoms with Crippen molar-refractivity contribution in [3.8, 4) is 11.5 Å². The number of likely N-dealkylation sites (N-methyl/N-ethyl adjacent to an activating group) is 1. The summed E-state index contributed by atoms with van der Waals surface area (Å²) in [5.74, 6) is 0.0814. The van der Waals surface area contributed by atoms with Crippen molar-refractivity contribution >= 4 is 34.3 Å². The van der Waals surface area contributed by atoms with Crippen LogP contribution in [-0.2, 0) is 6.54 Å². The molecule has 0 aliphatic carbocycles. The first kappa shape index (κ1) is 25.1. The lowest BCUT2D eigenvalue weighted by Crippen LogP contribution is -2.42. The van der Waals surface area contributed by atoms with E-state index >= 15 is 0 Å². The summed E-state index contributed by atoms with van der Waals surface area (Å²) in [6.45, 7) is 5.81. The van der Waals surface area contributed by atoms with Gasteiger partial charge in [0.25, 0.3) is 17.4 Å². The lowest BCUT2D eigenvalue weighted by molar-refractivity contribution is 0.0685. The molecule has 1 N–H and O–H groups in total. The molecular weight excluding hydrogens is 498 g/mol. The van der Waals surface area contributed by atoms with Crippen molar-refractivity contribution in [1.29, 1.82) is 0 Å². The predicted octanol–water partition coefficient (Wildman–Crippen LogP) is 3.24. The second-order valence-electron chi connectivity index (χ2n) is 9.40. The summed E-state index contributed by atoms with van der Waals surface area (Å²) in [5, 5.41) is 8.17. The molecule has 2 bridgehead atoms. The van der Waals surface area contributed by atoms with Crippen molar-refractivity contribution in [3.63, 3.8) is 0 Å². The van der Waals surface area contributed by atoms with Gasteiger partial charge in [-0.15, -0.1) is 0 Å². The monoisotopic (exact) mass is 527 g/mol. The number of hydrogen-bond acceptors (Lipinski definition) is 6. The van der Waals surface area contributed by atoms with E-state index in [0.717, 1.165) is 19.3 Å². The zero-order valence-corrected chi connectivity index (χ0v) is 21.9. The molecule has 1 aromatic carbocycles. The number of halogens is 1. The summed E-state index contributed by atoms with van der Waals surface area (Å²) in [6, 6.07) is 5.04. The maximum Gasteiger partial charge on any atom is 0.280 e. The second kappa shape index (κ2) is 10.1. The van der Waals surface area contributed by atoms with Gasteiger partial charge in [0.1, 0.15) is 11.1 Å². The molecule has 3 aromatic rings. The number of amides is 2. The van der Waals surface area contributed by atoms with Gasteiger partial charge in [-0.3, -0.25) is 14.4 Å². The Hall–Kier alpha value is -3.53. The average Bonchev–Trinajstić information content (AvgIpc) is 3.24. The summed E-state index contributed by atoms with van der Waals surface area (Å²) in [4.78, 5) is 42.5. The van der Waals surface area contributed by atoms with E-state index in [9.17, 15) is 14.4 Å². The fraction of sp³-hybridized carbons (Fsp3) is 0.462. The molecule has 2 amide bonds. The van der Waals surface area contributed by atoms with Crippen LogP contribution in [0.4, 0.5) is 0 Å². The van der Waals surface area contributed by atoms with Crippen molar-refractivity contribution < 1.29 is 19.1 Å². The maximum absolute atomic E-state index is 13.9. The van der Waals surface area contributed by atoms with Gasteiger partial charge in [0.2, 0.25) is 0 Å². The molecule has 11 heteroatoms. The van der Waals surface area contributed by atoms with E-state index < -0.39 is 11.5 Å². The minimum absolute atomic E-state index is 0.0514. The van der Waals surface area contributed by atoms with Gasteiger partial charge in [-0.1, -0.05) is 17.7 Å². The van der Waals surface area contributed by atoms with Gasteiger partial charge in [0.15, 0.2) is 17.1 Å². The van der Waals surface area contributed by atoms with Crippen molar-refractivity contribution in [3.05, 3.63) is 50.5 Å². The number of aromatic nitrogens is 3. The van der Waals surface area contributed by atoms with Gasteiger partial charge in [-0.2, -0.15) is 5.10 Å². The van der Waals surface area contributed by atoms with Crippen LogP contribution in [0, 0.1) is 0 Å². The van der Waals surface area contributed by atoms with Gasteiger partial charge in [-0.05, 0) is 45.2 Å². The van der Waals surface area contributed by atoms with Gasteiger partial charge in [-0.25, -0.2) is 4.68 Å². The van der Waals surface area contributed by atoms with E-state index in [4.69, 9.17) is 21.1 Å². The second-order valence-corrected chi connectivity index (χ2v) is 9.83. The Labute approximate surface area is 219 Å². The Morgan fingerprint density at radius 3 is 2.78 bits per heavy atom. The number of fused-ring (bicyclic) bond motifs is 7. The van der Waals surface area contributed by atoms with Gasteiger partial charge < -0.3 is 24.3 Å². The first-order valence-electron chi connectivity index (χ1n) is 12.6. The van der Waals surface area contributed by atoms with Gasteiger partial charge in [0.05, 0.1) is 25.8 Å². The molecule has 0 saturated carbocycles. The van der Waals surface area contributed by atoms with E-state index in [1.807, 2.05) is 13.8 Å². The maximum atomic E-state index is 13.9. The molecule has 2 aliphatic heterocycles. The van der Waals surface area contributed by atoms with Crippen LogP contribution in [0.3, 0.4) is 0 Å². The number of ether oxygens (including phenoxy) is 2. The molecular formula is C26H30ClN5O5. The van der Waals surface area contributed by atoms with Crippen molar-refractivity contribution in [1.82, 2.24) is 24.6 Å². The van der Waals surface area contributed by atoms with Gasteiger partial charge >= 0.3 is 0 Å². The van der Waals surface area contributed by atoms with E-state index in [1.165, 1.54) is 11.8 Å². The number of nitrogens with zero attached hydrogens (tertiary/aromatic N) is 4. The van der Waals surface area contributed by atoms with E-state index in [2.05, 4.69) is 10.4 Å². The quantitative estimate of drug-likeness (QED) is 0.548. The summed E-state index contributed by atoms with van der Waals surface area (Å²) >= 11 is 6.22. The molecule has 4 heterocycles. The highest BCUT2D eigenvalue weighted by molar-refractivity contribution is 6.30. The minimum atomic E-state index is -0.457. The summed E-state index contributed by atoms with van der Waals surface area (Å²) in [5.41, 5.74) is 0.906. The predicted molar refractivity (Wildman–Crippen MR) is 139 cm³/mol. The lowest BCUT2D eigenvalue weighted by atomic mass is 10.2. The highest BCUT2D eigenvalue weighted by Crippen LogP contribution is 2.38. The third-order valence-electron chi connectivity index (χ3n) is 6.98. The van der Waals surface area contributed by atoms with Crippen molar-refractivity contribution in [2.75, 3.05) is 33.4 Å². The molecule has 2 aliphatic rings. The molecule has 5 rings (SSSR count). The third kappa shape index (κ3) is 4.33. The molecule has 37 heavy (non-hydrogen) atoms. The smallest absolute Gasteiger partial charge is 0.280 e. The highest BCUT2D eigenvalue weighted by atomic mass is 35.5. The third-order valence-corrected chi connectivity index (χ3v) is 7.22. The summed E-state index contributed by atoms with van der Waals surface area (Å²) in [7, 11) is 1.43. The molecule has 0 fully saturated rings. The summed E-state index contributed by atoms with van der Waals surface area (Å²) in [6.07, 6.45) is 2.44. The van der Waals surface area contributed by atoms with Crippen molar-refractivity contribution in [2.45, 2.75) is 45.7 Å². The van der Waals surface area contributed by atoms with Gasteiger partial charge in [0, 0.05) is 36.3 Å². The van der Waals surface area contributed by atoms with Crippen LogP contribution < -0.4 is 20.3 Å². The first-order chi connectivity index (χ1) is 17.8. The molecule has 0 spiro atoms. The van der Waals surface area contributed by atoms with Crippen LogP contribution in [0.5, 0.6) is 11.5 Å². The Bertz CT molecular complexity index is 1450. The Morgan fingerprint density at radius 2 is 2.03 bits per heavy atom. The van der Waals surface area contributed by atoms with E-state index in [0.29, 0.717) is 48.1 Å². The van der Waals surface area contributed by atoms with Crippen molar-refractivity contribution in [2.24, 2.45) is 0 Å². The molecule has 0 saturated heterocycles. The fourth-order valence-electron chi connectivity index (χ4n) is 5.17. The molecule has 1 unspecified atom stereocenters. The molecule has 196 valence electrons. The molecule has 0 radical (unpaired) electrons. The minimum Gasteiger partial charge on any atom is -0.493 e. The molecule has 2 aromatic heterocycles. The largest absolute Gasteiger partial charge is 0.493 e. The Kier molecular flexibility index (Phi) is 6.85. The average molecular weight is 528 g/mol. The van der Waals surface area contributed by atoms with Crippen LogP contribution >= 0.6 is 11.6 Å². The first-order valence-corrected chi connectivity index (χ1v) is 12.9. The number of rotatable bonds is 2. The van der Waals surface area contributed by atoms with E-state index in [1.54, 1.807) is 27.7 Å². The van der Waals surface area contributed by atoms with Crippen LogP contribution in [-0.4, -0.2) is 64.4 Å². The van der Waals surface area contributed by atoms with Crippen LogP contribution in [0.1, 0.15) is 65.7 Å². The molecule has 1 atom stereocenters. The number of hydrogen-bond donors (Lipinski definition) is 1. The zero-order chi connectivity index (χ0) is 26.3. The number of carbonyl (C=O) groups is 2. The summed E-state index contributed by atoms with van der Waals surface area (Å²) < 4.78 is 14.7. The number of methoxy groups -OCH3 is 1. The van der Waals surface area contributed by atoms with Crippen LogP contribution in [0.25, 0.3) is 10.9 Å². The number of nitrogens with one attached hydrogen (secondary N) is 1. The Balaban J connectivity index is 1.80. The van der Waals surface area contributed by atoms with E-state index in [-0.39, 0.29) is 41.0 Å². The highest BCUT2D eigenvalue weighted by Gasteiger charge is 2.38. The number of carbonyl (C=O) groups excluding carboxylic acids is 2. The SMILES string of the molecule is CCN1CC(C)n2c(c(OC)c3c(=O)n4nc(c32)C(=O)NCCCCCOc2cc(Cl)ccc2C4)C1=O. The van der Waals surface area contributed by atoms with Crippen LogP contribution in [0.2, 0.25) is 5.02 Å². The molecule has 10 nitrogen and oxygen atoms in total. The lowest BCUT2D eigenvalue weighted by Gasteiger charge is -2.32. The Morgan fingerprint density at radius 1 is 1.22 bits per heavy atom. The standard InChI is InChI=1S/C26H30ClN5O5/c1-4-30-13-15(2)32-21-19(23(36-3)22(32)26(30)35)25(34)31-14-16-8-9-17(27)12-18(16)37-11-7-5-6-10-28-24(33)20(21)29-31/h8-9,12,15H,4-7,10-11,13-14H2,1-3H3,(H,28,33). The zero-order valence-electron chi connectivity index (χ0n) is 21.2. The normalized spacial score (nSPS) is 18.5.